The summed E-state index contributed by atoms with van der Waals surface area (Å²) in [7, 11) is 0. The van der Waals surface area contributed by atoms with Crippen LogP contribution in [0.4, 0.5) is 20.3 Å². The van der Waals surface area contributed by atoms with Crippen LogP contribution >= 0.6 is 0 Å². The molecule has 3 aliphatic rings. The second-order valence-corrected chi connectivity index (χ2v) is 9.46. The van der Waals surface area contributed by atoms with Crippen LogP contribution in [-0.4, -0.2) is 33.5 Å². The molecule has 176 valence electrons. The Kier molecular flexibility index (Phi) is 4.29. The normalized spacial score (nSPS) is 22.4. The number of halogens is 2. The predicted molar refractivity (Wildman–Crippen MR) is 125 cm³/mol. The summed E-state index contributed by atoms with van der Waals surface area (Å²) in [5, 5.41) is 6.20. The predicted octanol–water partition coefficient (Wildman–Crippen LogP) is 4.61. The van der Waals surface area contributed by atoms with Crippen molar-refractivity contribution in [1.82, 2.24) is 19.7 Å². The minimum atomic E-state index is -2.56. The first-order valence-electron chi connectivity index (χ1n) is 11.5. The second kappa shape index (κ2) is 7.32. The Morgan fingerprint density at radius 2 is 2.09 bits per heavy atom. The van der Waals surface area contributed by atoms with Gasteiger partial charge in [0, 0.05) is 35.5 Å². The summed E-state index contributed by atoms with van der Waals surface area (Å²) >= 11 is 0. The molecular formula is C26H21F2N5O2. The van der Waals surface area contributed by atoms with Crippen molar-refractivity contribution in [2.24, 2.45) is 5.92 Å². The lowest BCUT2D eigenvalue weighted by atomic mass is 9.97. The van der Waals surface area contributed by atoms with Gasteiger partial charge in [-0.1, -0.05) is 12.1 Å². The van der Waals surface area contributed by atoms with E-state index in [1.807, 2.05) is 24.4 Å². The Balaban J connectivity index is 1.23. The van der Waals surface area contributed by atoms with Gasteiger partial charge in [0.1, 0.15) is 11.5 Å². The fourth-order valence-corrected chi connectivity index (χ4v) is 5.52. The number of pyridine rings is 2. The first-order chi connectivity index (χ1) is 17.0. The summed E-state index contributed by atoms with van der Waals surface area (Å²) in [5.74, 6) is 1.09. The first kappa shape index (κ1) is 20.5. The number of anilines is 2. The molecule has 1 aromatic carbocycles. The van der Waals surface area contributed by atoms with E-state index in [1.54, 1.807) is 16.8 Å². The van der Waals surface area contributed by atoms with Crippen molar-refractivity contribution in [3.63, 3.8) is 0 Å². The lowest BCUT2D eigenvalue weighted by Crippen LogP contribution is -2.14. The van der Waals surface area contributed by atoms with Crippen LogP contribution in [0.15, 0.2) is 55.0 Å². The van der Waals surface area contributed by atoms with E-state index in [2.05, 4.69) is 26.7 Å². The van der Waals surface area contributed by atoms with Gasteiger partial charge in [0.2, 0.25) is 0 Å². The number of carbonyl (C=O) groups excluding carboxylic acids is 1. The van der Waals surface area contributed by atoms with E-state index in [1.165, 1.54) is 17.7 Å². The van der Waals surface area contributed by atoms with Gasteiger partial charge in [0.05, 0.1) is 36.4 Å². The van der Waals surface area contributed by atoms with Crippen LogP contribution in [0.25, 0.3) is 16.9 Å². The van der Waals surface area contributed by atoms with Gasteiger partial charge < -0.3 is 15.4 Å². The molecule has 5 heterocycles. The van der Waals surface area contributed by atoms with Crippen molar-refractivity contribution < 1.29 is 18.3 Å². The number of carbonyl (C=O) groups is 1. The minimum Gasteiger partial charge on any atom is -0.380 e. The van der Waals surface area contributed by atoms with Gasteiger partial charge in [-0.25, -0.2) is 18.7 Å². The molecule has 9 heteroatoms. The number of amides is 1. The Morgan fingerprint density at radius 3 is 2.83 bits per heavy atom. The molecule has 2 atom stereocenters. The number of benzene rings is 1. The fourth-order valence-electron chi connectivity index (χ4n) is 5.52. The molecule has 35 heavy (non-hydrogen) atoms. The molecule has 4 aromatic rings. The monoisotopic (exact) mass is 473 g/mol. The number of aromatic nitrogens is 3. The zero-order valence-corrected chi connectivity index (χ0v) is 18.6. The number of hydrogen-bond acceptors (Lipinski definition) is 5. The number of hydrogen-bond donors (Lipinski definition) is 2. The van der Waals surface area contributed by atoms with Crippen molar-refractivity contribution in [3.8, 4) is 11.3 Å². The van der Waals surface area contributed by atoms with Gasteiger partial charge in [-0.15, -0.1) is 0 Å². The Bertz CT molecular complexity index is 1500. The number of fused-ring (bicyclic) bond motifs is 3. The smallest absolute Gasteiger partial charge is 0.264 e. The molecule has 2 aliphatic heterocycles. The largest absolute Gasteiger partial charge is 0.380 e. The summed E-state index contributed by atoms with van der Waals surface area (Å²) in [4.78, 5) is 21.7. The third kappa shape index (κ3) is 3.07. The third-order valence-corrected chi connectivity index (χ3v) is 7.54. The first-order valence-corrected chi connectivity index (χ1v) is 11.5. The van der Waals surface area contributed by atoms with E-state index >= 15 is 0 Å². The van der Waals surface area contributed by atoms with Crippen LogP contribution in [0.5, 0.6) is 0 Å². The zero-order valence-electron chi connectivity index (χ0n) is 18.6. The molecule has 0 radical (unpaired) electrons. The second-order valence-electron chi connectivity index (χ2n) is 9.46. The van der Waals surface area contributed by atoms with Gasteiger partial charge in [-0.05, 0) is 47.7 Å². The van der Waals surface area contributed by atoms with Crippen molar-refractivity contribution in [2.75, 3.05) is 18.5 Å². The molecule has 7 rings (SSSR count). The van der Waals surface area contributed by atoms with Crippen LogP contribution in [0.3, 0.4) is 0 Å². The molecule has 0 spiro atoms. The van der Waals surface area contributed by atoms with Gasteiger partial charge in [-0.3, -0.25) is 9.20 Å². The molecule has 2 fully saturated rings. The zero-order chi connectivity index (χ0) is 23.7. The molecule has 3 aromatic heterocycles. The van der Waals surface area contributed by atoms with Gasteiger partial charge in [-0.2, -0.15) is 0 Å². The molecule has 1 aliphatic carbocycles. The SMILES string of the molecule is O=C1NCc2c(-c3cnc4cc(C(F)F)ccn34)ccc(Nc3ccc([C@]45COCC4C5)cn3)c21. The number of ether oxygens (including phenoxy) is 1. The highest BCUT2D eigenvalue weighted by molar-refractivity contribution is 6.06. The van der Waals surface area contributed by atoms with Gasteiger partial charge >= 0.3 is 0 Å². The number of rotatable bonds is 5. The quantitative estimate of drug-likeness (QED) is 0.443. The molecule has 1 unspecified atom stereocenters. The van der Waals surface area contributed by atoms with Crippen molar-refractivity contribution in [3.05, 3.63) is 77.2 Å². The van der Waals surface area contributed by atoms with Crippen LogP contribution in [0.2, 0.25) is 0 Å². The average Bonchev–Trinajstić information content (AvgIpc) is 3.20. The van der Waals surface area contributed by atoms with E-state index in [9.17, 15) is 13.6 Å². The average molecular weight is 473 g/mol. The number of nitrogens with zero attached hydrogens (tertiary/aromatic N) is 3. The molecule has 1 saturated heterocycles. The van der Waals surface area contributed by atoms with Crippen molar-refractivity contribution in [2.45, 2.75) is 24.8 Å². The molecular weight excluding hydrogens is 452 g/mol. The lowest BCUT2D eigenvalue weighted by molar-refractivity contribution is 0.0966. The van der Waals surface area contributed by atoms with Crippen LogP contribution in [0, 0.1) is 5.92 Å². The summed E-state index contributed by atoms with van der Waals surface area (Å²) in [6.45, 7) is 1.96. The van der Waals surface area contributed by atoms with Crippen LogP contribution < -0.4 is 10.6 Å². The summed E-state index contributed by atoms with van der Waals surface area (Å²) in [5.41, 5.74) is 5.30. The lowest BCUT2D eigenvalue weighted by Gasteiger charge is -2.15. The summed E-state index contributed by atoms with van der Waals surface area (Å²) in [6.07, 6.45) is 3.73. The number of nitrogens with one attached hydrogen (secondary N) is 2. The Hall–Kier alpha value is -3.85. The highest BCUT2D eigenvalue weighted by atomic mass is 19.3. The summed E-state index contributed by atoms with van der Waals surface area (Å²) < 4.78 is 33.6. The third-order valence-electron chi connectivity index (χ3n) is 7.54. The maximum atomic E-state index is 13.1. The Labute approximate surface area is 199 Å². The van der Waals surface area contributed by atoms with Crippen LogP contribution in [-0.2, 0) is 16.7 Å². The van der Waals surface area contributed by atoms with E-state index in [0.717, 1.165) is 36.5 Å². The standard InChI is InChI=1S/C26H21F2N5O2/c27-24(28)14-5-6-33-20(11-30-22(33)7-14)17-2-3-19(23-18(17)10-31-25(23)34)32-21-4-1-15(9-29-21)26-8-16(26)12-35-13-26/h1-7,9,11,16,24H,8,10,12-13H2,(H,29,32)(H,31,34)/t16?,26-/m0/s1. The molecule has 2 N–H and O–H groups in total. The molecule has 1 saturated carbocycles. The van der Waals surface area contributed by atoms with E-state index in [4.69, 9.17) is 4.74 Å². The van der Waals surface area contributed by atoms with Crippen molar-refractivity contribution in [1.29, 1.82) is 0 Å². The minimum absolute atomic E-state index is 0.0768. The maximum Gasteiger partial charge on any atom is 0.264 e. The fraction of sp³-hybridized carbons (Fsp3) is 0.269. The van der Waals surface area contributed by atoms with Crippen LogP contribution in [0.1, 0.15) is 39.9 Å². The van der Waals surface area contributed by atoms with E-state index < -0.39 is 6.43 Å². The van der Waals surface area contributed by atoms with E-state index in [-0.39, 0.29) is 16.9 Å². The van der Waals surface area contributed by atoms with Gasteiger partial charge in [0.25, 0.3) is 12.3 Å². The maximum absolute atomic E-state index is 13.1. The Morgan fingerprint density at radius 1 is 1.17 bits per heavy atom. The van der Waals surface area contributed by atoms with Crippen molar-refractivity contribution >= 4 is 23.1 Å². The van der Waals surface area contributed by atoms with Gasteiger partial charge in [0.15, 0.2) is 0 Å². The summed E-state index contributed by atoms with van der Waals surface area (Å²) in [6, 6.07) is 10.6. The molecule has 1 amide bonds. The number of imidazole rings is 1. The highest BCUT2D eigenvalue weighted by Gasteiger charge is 2.59. The molecule has 0 bridgehead atoms. The topological polar surface area (TPSA) is 80.6 Å². The number of alkyl halides is 2. The van der Waals surface area contributed by atoms with E-state index in [0.29, 0.717) is 35.2 Å². The highest BCUT2D eigenvalue weighted by Crippen LogP contribution is 2.58. The molecule has 7 nitrogen and oxygen atoms in total.